The van der Waals surface area contributed by atoms with E-state index in [9.17, 15) is 4.39 Å². The normalized spacial score (nSPS) is 28.6. The molecule has 1 aromatic carbocycles. The number of hydrogen-bond acceptors (Lipinski definition) is 2. The lowest BCUT2D eigenvalue weighted by atomic mass is 9.76. The minimum Gasteiger partial charge on any atom is -0.378 e. The first-order valence-corrected chi connectivity index (χ1v) is 6.21. The summed E-state index contributed by atoms with van der Waals surface area (Å²) < 4.78 is 19.0. The van der Waals surface area contributed by atoms with Crippen LogP contribution in [-0.4, -0.2) is 19.3 Å². The summed E-state index contributed by atoms with van der Waals surface area (Å²) in [5.74, 6) is -0.372. The minimum absolute atomic E-state index is 0.0692. The van der Waals surface area contributed by atoms with Gasteiger partial charge in [0, 0.05) is 18.6 Å². The molecule has 0 bridgehead atoms. The number of rotatable bonds is 3. The lowest BCUT2D eigenvalue weighted by Crippen LogP contribution is -2.38. The van der Waals surface area contributed by atoms with Crippen molar-refractivity contribution in [1.82, 2.24) is 0 Å². The summed E-state index contributed by atoms with van der Waals surface area (Å²) >= 11 is 5.67. The number of ether oxygens (including phenoxy) is 1. The van der Waals surface area contributed by atoms with Crippen molar-refractivity contribution in [2.24, 2.45) is 11.1 Å². The average molecular weight is 258 g/mol. The van der Waals surface area contributed by atoms with Crippen LogP contribution in [0.4, 0.5) is 4.39 Å². The van der Waals surface area contributed by atoms with Crippen molar-refractivity contribution in [3.05, 3.63) is 34.6 Å². The van der Waals surface area contributed by atoms with Crippen LogP contribution in [0.1, 0.15) is 18.9 Å². The zero-order valence-electron chi connectivity index (χ0n) is 9.88. The van der Waals surface area contributed by atoms with Gasteiger partial charge in [0.25, 0.3) is 0 Å². The summed E-state index contributed by atoms with van der Waals surface area (Å²) in [7, 11) is 0. The summed E-state index contributed by atoms with van der Waals surface area (Å²) in [6.45, 7) is 3.32. The van der Waals surface area contributed by atoms with Gasteiger partial charge in [0.05, 0.1) is 11.1 Å². The van der Waals surface area contributed by atoms with Crippen LogP contribution in [0.15, 0.2) is 18.2 Å². The molecule has 2 nitrogen and oxygen atoms in total. The fraction of sp³-hybridized carbons (Fsp3) is 0.538. The Morgan fingerprint density at radius 1 is 1.59 bits per heavy atom. The molecule has 4 heteroatoms. The van der Waals surface area contributed by atoms with Gasteiger partial charge in [0.2, 0.25) is 0 Å². The van der Waals surface area contributed by atoms with E-state index in [-0.39, 0.29) is 22.4 Å². The van der Waals surface area contributed by atoms with E-state index in [4.69, 9.17) is 22.1 Å². The first-order valence-electron chi connectivity index (χ1n) is 5.83. The average Bonchev–Trinajstić information content (AvgIpc) is 2.66. The number of benzene rings is 1. The largest absolute Gasteiger partial charge is 0.378 e. The Hall–Kier alpha value is -0.640. The Morgan fingerprint density at radius 2 is 2.35 bits per heavy atom. The van der Waals surface area contributed by atoms with E-state index < -0.39 is 0 Å². The van der Waals surface area contributed by atoms with Gasteiger partial charge in [-0.05, 0) is 37.5 Å². The van der Waals surface area contributed by atoms with Crippen molar-refractivity contribution in [3.8, 4) is 0 Å². The summed E-state index contributed by atoms with van der Waals surface area (Å²) in [6.07, 6.45) is 1.78. The molecule has 0 amide bonds. The minimum atomic E-state index is -0.372. The van der Waals surface area contributed by atoms with Crippen molar-refractivity contribution >= 4 is 11.6 Å². The van der Waals surface area contributed by atoms with Crippen LogP contribution in [-0.2, 0) is 11.2 Å². The molecule has 0 aromatic heterocycles. The zero-order chi connectivity index (χ0) is 12.5. The molecule has 17 heavy (non-hydrogen) atoms. The molecule has 1 fully saturated rings. The van der Waals surface area contributed by atoms with Crippen LogP contribution in [0.3, 0.4) is 0 Å². The summed E-state index contributed by atoms with van der Waals surface area (Å²) in [5.41, 5.74) is 6.73. The van der Waals surface area contributed by atoms with Gasteiger partial charge < -0.3 is 10.5 Å². The quantitative estimate of drug-likeness (QED) is 0.904. The molecule has 94 valence electrons. The third-order valence-corrected chi connectivity index (χ3v) is 4.08. The molecule has 1 heterocycles. The second-order valence-electron chi connectivity index (χ2n) is 4.75. The van der Waals surface area contributed by atoms with E-state index in [0.717, 1.165) is 25.0 Å². The molecule has 1 aliphatic rings. The number of halogens is 2. The molecule has 1 saturated heterocycles. The highest BCUT2D eigenvalue weighted by Crippen LogP contribution is 2.37. The highest BCUT2D eigenvalue weighted by atomic mass is 35.5. The molecular weight excluding hydrogens is 241 g/mol. The fourth-order valence-corrected chi connectivity index (χ4v) is 2.56. The summed E-state index contributed by atoms with van der Waals surface area (Å²) in [6, 6.07) is 4.94. The maximum Gasteiger partial charge on any atom is 0.142 e. The Bertz CT molecular complexity index is 412. The smallest absolute Gasteiger partial charge is 0.142 e. The molecule has 0 aliphatic carbocycles. The van der Waals surface area contributed by atoms with E-state index in [1.807, 2.05) is 13.0 Å². The first-order chi connectivity index (χ1) is 8.07. The van der Waals surface area contributed by atoms with Crippen LogP contribution >= 0.6 is 11.6 Å². The lowest BCUT2D eigenvalue weighted by Gasteiger charge is -2.30. The molecule has 2 N–H and O–H groups in total. The first kappa shape index (κ1) is 12.8. The van der Waals surface area contributed by atoms with Gasteiger partial charge in [-0.2, -0.15) is 0 Å². The molecule has 0 saturated carbocycles. The molecule has 0 spiro atoms. The van der Waals surface area contributed by atoms with Gasteiger partial charge in [-0.15, -0.1) is 0 Å². The maximum atomic E-state index is 13.4. The monoisotopic (exact) mass is 257 g/mol. The molecule has 1 aliphatic heterocycles. The Labute approximate surface area is 106 Å². The third kappa shape index (κ3) is 2.46. The maximum absolute atomic E-state index is 13.4. The van der Waals surface area contributed by atoms with E-state index >= 15 is 0 Å². The van der Waals surface area contributed by atoms with E-state index in [1.54, 1.807) is 6.07 Å². The zero-order valence-corrected chi connectivity index (χ0v) is 10.6. The van der Waals surface area contributed by atoms with Crippen molar-refractivity contribution in [2.75, 3.05) is 13.2 Å². The molecule has 2 rings (SSSR count). The Morgan fingerprint density at radius 3 is 2.88 bits per heavy atom. The van der Waals surface area contributed by atoms with Crippen LogP contribution in [0.5, 0.6) is 0 Å². The SMILES string of the molecule is CC1OCCC1(CN)Cc1ccc(Cl)c(F)c1. The summed E-state index contributed by atoms with van der Waals surface area (Å²) in [4.78, 5) is 0. The Kier molecular flexibility index (Phi) is 3.71. The predicted octanol–water partition coefficient (Wildman–Crippen LogP) is 2.78. The van der Waals surface area contributed by atoms with Gasteiger partial charge in [-0.25, -0.2) is 4.39 Å². The van der Waals surface area contributed by atoms with Crippen LogP contribution < -0.4 is 5.73 Å². The van der Waals surface area contributed by atoms with E-state index in [2.05, 4.69) is 0 Å². The van der Waals surface area contributed by atoms with Gasteiger partial charge >= 0.3 is 0 Å². The van der Waals surface area contributed by atoms with Gasteiger partial charge in [0.15, 0.2) is 0 Å². The topological polar surface area (TPSA) is 35.2 Å². The van der Waals surface area contributed by atoms with Gasteiger partial charge in [-0.1, -0.05) is 17.7 Å². The highest BCUT2D eigenvalue weighted by Gasteiger charge is 2.40. The van der Waals surface area contributed by atoms with Gasteiger partial charge in [-0.3, -0.25) is 0 Å². The predicted molar refractivity (Wildman–Crippen MR) is 66.6 cm³/mol. The Balaban J connectivity index is 2.21. The molecule has 2 unspecified atom stereocenters. The van der Waals surface area contributed by atoms with Crippen molar-refractivity contribution in [2.45, 2.75) is 25.9 Å². The number of nitrogens with two attached hydrogens (primary N) is 1. The van der Waals surface area contributed by atoms with Crippen molar-refractivity contribution in [3.63, 3.8) is 0 Å². The molecular formula is C13H17ClFNO. The van der Waals surface area contributed by atoms with Crippen LogP contribution in [0, 0.1) is 11.2 Å². The second kappa shape index (κ2) is 4.92. The standard InChI is InChI=1S/C13H17ClFNO/c1-9-13(8-16,4-5-17-9)7-10-2-3-11(14)12(15)6-10/h2-3,6,9H,4-5,7-8,16H2,1H3. The third-order valence-electron chi connectivity index (χ3n) is 3.78. The molecule has 1 aromatic rings. The fourth-order valence-electron chi connectivity index (χ4n) is 2.45. The molecule has 2 atom stereocenters. The summed E-state index contributed by atoms with van der Waals surface area (Å²) in [5, 5.41) is 0.159. The number of hydrogen-bond donors (Lipinski definition) is 1. The van der Waals surface area contributed by atoms with Crippen LogP contribution in [0.25, 0.3) is 0 Å². The van der Waals surface area contributed by atoms with Gasteiger partial charge in [0.1, 0.15) is 5.82 Å². The van der Waals surface area contributed by atoms with Crippen LogP contribution in [0.2, 0.25) is 5.02 Å². The van der Waals surface area contributed by atoms with Crippen molar-refractivity contribution in [1.29, 1.82) is 0 Å². The second-order valence-corrected chi connectivity index (χ2v) is 5.16. The van der Waals surface area contributed by atoms with E-state index in [1.165, 1.54) is 6.07 Å². The highest BCUT2D eigenvalue weighted by molar-refractivity contribution is 6.30. The molecule has 0 radical (unpaired) electrons. The lowest BCUT2D eigenvalue weighted by molar-refractivity contribution is 0.0673. The van der Waals surface area contributed by atoms with E-state index in [0.29, 0.717) is 6.54 Å². The van der Waals surface area contributed by atoms with Crippen molar-refractivity contribution < 1.29 is 9.13 Å².